The summed E-state index contributed by atoms with van der Waals surface area (Å²) in [4.78, 5) is 12.0. The molecular formula is C18H13NO. The fourth-order valence-corrected chi connectivity index (χ4v) is 1.70. The summed E-state index contributed by atoms with van der Waals surface area (Å²) in [6, 6.07) is 20.8. The van der Waals surface area contributed by atoms with E-state index < -0.39 is 0 Å². The number of nitrogens with zero attached hydrogens (tertiary/aromatic N) is 1. The zero-order valence-corrected chi connectivity index (χ0v) is 10.9. The van der Waals surface area contributed by atoms with Gasteiger partial charge in [-0.15, -0.1) is 0 Å². The average molecular weight is 259 g/mol. The summed E-state index contributed by atoms with van der Waals surface area (Å²) in [5.41, 5.74) is 1.90. The molecule has 0 aliphatic carbocycles. The largest absolute Gasteiger partial charge is 0.288 e. The molecule has 2 rings (SSSR count). The minimum Gasteiger partial charge on any atom is -0.288 e. The van der Waals surface area contributed by atoms with Gasteiger partial charge in [-0.25, -0.2) is 0 Å². The smallest absolute Gasteiger partial charge is 0.196 e. The second kappa shape index (κ2) is 6.86. The van der Waals surface area contributed by atoms with Crippen molar-refractivity contribution < 1.29 is 4.79 Å². The highest BCUT2D eigenvalue weighted by Gasteiger charge is 2.04. The third kappa shape index (κ3) is 3.79. The Kier molecular flexibility index (Phi) is 4.64. The van der Waals surface area contributed by atoms with Crippen molar-refractivity contribution in [3.05, 3.63) is 83.4 Å². The maximum atomic E-state index is 12.0. The molecule has 0 N–H and O–H groups in total. The highest BCUT2D eigenvalue weighted by Crippen LogP contribution is 2.09. The predicted octanol–water partition coefficient (Wildman–Crippen LogP) is 3.88. The van der Waals surface area contributed by atoms with Crippen LogP contribution in [0.25, 0.3) is 12.2 Å². The lowest BCUT2D eigenvalue weighted by Gasteiger charge is -1.95. The van der Waals surface area contributed by atoms with Crippen molar-refractivity contribution in [2.45, 2.75) is 0 Å². The van der Waals surface area contributed by atoms with Gasteiger partial charge in [-0.1, -0.05) is 66.7 Å². The van der Waals surface area contributed by atoms with Gasteiger partial charge in [-0.3, -0.25) is 4.79 Å². The summed E-state index contributed by atoms with van der Waals surface area (Å²) in [7, 11) is 0. The van der Waals surface area contributed by atoms with Gasteiger partial charge in [0.1, 0.15) is 6.07 Å². The Morgan fingerprint density at radius 2 is 1.45 bits per heavy atom. The lowest BCUT2D eigenvalue weighted by atomic mass is 10.1. The van der Waals surface area contributed by atoms with Crippen LogP contribution in [0.1, 0.15) is 11.1 Å². The van der Waals surface area contributed by atoms with E-state index in [-0.39, 0.29) is 11.4 Å². The van der Waals surface area contributed by atoms with Crippen LogP contribution in [0.3, 0.4) is 0 Å². The van der Waals surface area contributed by atoms with Crippen LogP contribution < -0.4 is 0 Å². The van der Waals surface area contributed by atoms with Gasteiger partial charge in [0.2, 0.25) is 0 Å². The van der Waals surface area contributed by atoms with Gasteiger partial charge in [-0.05, 0) is 23.3 Å². The molecule has 2 aromatic rings. The Morgan fingerprint density at radius 3 is 2.00 bits per heavy atom. The van der Waals surface area contributed by atoms with Crippen LogP contribution in [0.2, 0.25) is 0 Å². The zero-order chi connectivity index (χ0) is 14.2. The molecule has 2 aromatic carbocycles. The van der Waals surface area contributed by atoms with Crippen molar-refractivity contribution in [1.29, 1.82) is 5.26 Å². The van der Waals surface area contributed by atoms with Crippen LogP contribution in [0.15, 0.2) is 72.3 Å². The quantitative estimate of drug-likeness (QED) is 0.617. The van der Waals surface area contributed by atoms with E-state index in [0.29, 0.717) is 0 Å². The molecule has 0 aromatic heterocycles. The van der Waals surface area contributed by atoms with Crippen molar-refractivity contribution in [3.8, 4) is 6.07 Å². The number of allylic oxidation sites excluding steroid dienone is 2. The maximum absolute atomic E-state index is 12.0. The lowest BCUT2D eigenvalue weighted by molar-refractivity contribution is -0.110. The molecule has 0 saturated heterocycles. The third-order valence-corrected chi connectivity index (χ3v) is 2.72. The molecule has 0 amide bonds. The van der Waals surface area contributed by atoms with Gasteiger partial charge in [0, 0.05) is 0 Å². The summed E-state index contributed by atoms with van der Waals surface area (Å²) in [6.07, 6.45) is 4.73. The molecule has 0 unspecified atom stereocenters. The number of rotatable bonds is 4. The SMILES string of the molecule is N#C/C(=C\c1ccccc1)C(=O)/C=C/c1ccccc1. The number of ketones is 1. The van der Waals surface area contributed by atoms with Crippen molar-refractivity contribution in [2.75, 3.05) is 0 Å². The molecule has 0 atom stereocenters. The Balaban J connectivity index is 2.17. The highest BCUT2D eigenvalue weighted by molar-refractivity contribution is 6.11. The molecule has 0 bridgehead atoms. The molecule has 0 fully saturated rings. The molecule has 0 spiro atoms. The number of carbonyl (C=O) groups excluding carboxylic acids is 1. The summed E-state index contributed by atoms with van der Waals surface area (Å²) >= 11 is 0. The number of carbonyl (C=O) groups is 1. The van der Waals surface area contributed by atoms with Gasteiger partial charge in [-0.2, -0.15) is 5.26 Å². The molecule has 20 heavy (non-hydrogen) atoms. The van der Waals surface area contributed by atoms with E-state index in [1.54, 1.807) is 12.2 Å². The summed E-state index contributed by atoms with van der Waals surface area (Å²) in [5, 5.41) is 9.08. The van der Waals surface area contributed by atoms with E-state index in [9.17, 15) is 4.79 Å². The number of benzene rings is 2. The second-order valence-electron chi connectivity index (χ2n) is 4.19. The summed E-state index contributed by atoms with van der Waals surface area (Å²) < 4.78 is 0. The van der Waals surface area contributed by atoms with E-state index in [0.717, 1.165) is 11.1 Å². The van der Waals surface area contributed by atoms with Gasteiger partial charge in [0.05, 0.1) is 5.57 Å². The van der Waals surface area contributed by atoms with E-state index in [1.165, 1.54) is 6.08 Å². The van der Waals surface area contributed by atoms with Crippen LogP contribution in [-0.2, 0) is 4.79 Å². The van der Waals surface area contributed by atoms with E-state index >= 15 is 0 Å². The number of nitriles is 1. The van der Waals surface area contributed by atoms with Crippen LogP contribution in [0, 0.1) is 11.3 Å². The Morgan fingerprint density at radius 1 is 0.900 bits per heavy atom. The minimum atomic E-state index is -0.291. The molecule has 96 valence electrons. The molecule has 0 heterocycles. The fraction of sp³-hybridized carbons (Fsp3) is 0. The topological polar surface area (TPSA) is 40.9 Å². The van der Waals surface area contributed by atoms with E-state index in [2.05, 4.69) is 0 Å². The second-order valence-corrected chi connectivity index (χ2v) is 4.19. The van der Waals surface area contributed by atoms with Crippen LogP contribution in [-0.4, -0.2) is 5.78 Å². The first-order valence-corrected chi connectivity index (χ1v) is 6.24. The first-order chi connectivity index (χ1) is 9.79. The normalized spacial score (nSPS) is 11.2. The van der Waals surface area contributed by atoms with Gasteiger partial charge in [0.15, 0.2) is 5.78 Å². The predicted molar refractivity (Wildman–Crippen MR) is 80.5 cm³/mol. The van der Waals surface area contributed by atoms with E-state index in [4.69, 9.17) is 5.26 Å². The lowest BCUT2D eigenvalue weighted by Crippen LogP contribution is -1.95. The first kappa shape index (κ1) is 13.5. The average Bonchev–Trinajstić information content (AvgIpc) is 2.52. The molecule has 2 heteroatoms. The monoisotopic (exact) mass is 259 g/mol. The third-order valence-electron chi connectivity index (χ3n) is 2.72. The van der Waals surface area contributed by atoms with Crippen LogP contribution in [0.4, 0.5) is 0 Å². The molecule has 0 saturated carbocycles. The number of hydrogen-bond donors (Lipinski definition) is 0. The standard InChI is InChI=1S/C18H13NO/c19-14-17(13-16-9-5-2-6-10-16)18(20)12-11-15-7-3-1-4-8-15/h1-13H/b12-11+,17-13+. The molecule has 2 nitrogen and oxygen atoms in total. The van der Waals surface area contributed by atoms with Gasteiger partial charge in [0.25, 0.3) is 0 Å². The van der Waals surface area contributed by atoms with Gasteiger partial charge >= 0.3 is 0 Å². The Hall–Kier alpha value is -2.92. The van der Waals surface area contributed by atoms with Crippen molar-refractivity contribution in [2.24, 2.45) is 0 Å². The molecule has 0 aliphatic heterocycles. The Labute approximate surface area is 118 Å². The Bertz CT molecular complexity index is 676. The number of hydrogen-bond acceptors (Lipinski definition) is 2. The summed E-state index contributed by atoms with van der Waals surface area (Å²) in [5.74, 6) is -0.291. The summed E-state index contributed by atoms with van der Waals surface area (Å²) in [6.45, 7) is 0. The van der Waals surface area contributed by atoms with Crippen LogP contribution in [0.5, 0.6) is 0 Å². The molecular weight excluding hydrogens is 246 g/mol. The highest BCUT2D eigenvalue weighted by atomic mass is 16.1. The van der Waals surface area contributed by atoms with Crippen molar-refractivity contribution in [1.82, 2.24) is 0 Å². The van der Waals surface area contributed by atoms with E-state index in [1.807, 2.05) is 66.7 Å². The maximum Gasteiger partial charge on any atom is 0.196 e. The molecule has 0 aliphatic rings. The van der Waals surface area contributed by atoms with Gasteiger partial charge < -0.3 is 0 Å². The van der Waals surface area contributed by atoms with Crippen molar-refractivity contribution >= 4 is 17.9 Å². The van der Waals surface area contributed by atoms with Crippen LogP contribution >= 0.6 is 0 Å². The zero-order valence-electron chi connectivity index (χ0n) is 10.9. The molecule has 0 radical (unpaired) electrons. The minimum absolute atomic E-state index is 0.128. The first-order valence-electron chi connectivity index (χ1n) is 6.24. The van der Waals surface area contributed by atoms with Crippen molar-refractivity contribution in [3.63, 3.8) is 0 Å². The fourth-order valence-electron chi connectivity index (χ4n) is 1.70.